The van der Waals surface area contributed by atoms with Gasteiger partial charge in [0, 0.05) is 26.2 Å². The molecule has 4 nitrogen and oxygen atoms in total. The first-order valence-corrected chi connectivity index (χ1v) is 7.09. The SMILES string of the molecule is Nc1cccc(N2CCN(c3ccccc3Cl)CC2)n1. The molecule has 0 spiro atoms. The Morgan fingerprint density at radius 1 is 0.900 bits per heavy atom. The van der Waals surface area contributed by atoms with Crippen molar-refractivity contribution >= 4 is 28.9 Å². The number of nitrogens with two attached hydrogens (primary N) is 1. The normalized spacial score (nSPS) is 15.4. The average molecular weight is 289 g/mol. The van der Waals surface area contributed by atoms with Crippen molar-refractivity contribution in [1.29, 1.82) is 0 Å². The molecule has 1 aliphatic heterocycles. The fraction of sp³-hybridized carbons (Fsp3) is 0.267. The van der Waals surface area contributed by atoms with Crippen molar-refractivity contribution in [3.63, 3.8) is 0 Å². The lowest BCUT2D eigenvalue weighted by Crippen LogP contribution is -2.47. The molecule has 0 radical (unpaired) electrons. The Morgan fingerprint density at radius 3 is 2.30 bits per heavy atom. The number of para-hydroxylation sites is 1. The van der Waals surface area contributed by atoms with Crippen molar-refractivity contribution < 1.29 is 0 Å². The summed E-state index contributed by atoms with van der Waals surface area (Å²) in [4.78, 5) is 8.94. The van der Waals surface area contributed by atoms with Gasteiger partial charge in [0.15, 0.2) is 0 Å². The molecule has 2 N–H and O–H groups in total. The van der Waals surface area contributed by atoms with E-state index < -0.39 is 0 Å². The Morgan fingerprint density at radius 2 is 1.60 bits per heavy atom. The number of anilines is 3. The van der Waals surface area contributed by atoms with E-state index in [1.165, 1.54) is 0 Å². The highest BCUT2D eigenvalue weighted by atomic mass is 35.5. The van der Waals surface area contributed by atoms with Gasteiger partial charge in [-0.2, -0.15) is 0 Å². The van der Waals surface area contributed by atoms with Crippen LogP contribution >= 0.6 is 11.6 Å². The molecule has 5 heteroatoms. The number of aromatic nitrogens is 1. The van der Waals surface area contributed by atoms with Crippen LogP contribution in [0.4, 0.5) is 17.3 Å². The molecule has 0 saturated carbocycles. The second-order valence-corrected chi connectivity index (χ2v) is 5.25. The predicted octanol–water partition coefficient (Wildman–Crippen LogP) is 2.64. The average Bonchev–Trinajstić information content (AvgIpc) is 2.48. The maximum absolute atomic E-state index is 6.25. The molecule has 0 atom stereocenters. The maximum atomic E-state index is 6.25. The summed E-state index contributed by atoms with van der Waals surface area (Å²) in [6.45, 7) is 3.70. The molecule has 2 heterocycles. The summed E-state index contributed by atoms with van der Waals surface area (Å²) in [5, 5.41) is 0.808. The van der Waals surface area contributed by atoms with E-state index >= 15 is 0 Å². The summed E-state index contributed by atoms with van der Waals surface area (Å²) in [6, 6.07) is 13.7. The number of nitrogen functional groups attached to an aromatic ring is 1. The summed E-state index contributed by atoms with van der Waals surface area (Å²) >= 11 is 6.25. The first-order valence-electron chi connectivity index (χ1n) is 6.71. The molecular weight excluding hydrogens is 272 g/mol. The number of piperazine rings is 1. The van der Waals surface area contributed by atoms with Gasteiger partial charge in [0.05, 0.1) is 10.7 Å². The van der Waals surface area contributed by atoms with Crippen LogP contribution < -0.4 is 15.5 Å². The van der Waals surface area contributed by atoms with E-state index in [0.29, 0.717) is 5.82 Å². The van der Waals surface area contributed by atoms with Crippen LogP contribution in [0.15, 0.2) is 42.5 Å². The molecule has 3 rings (SSSR count). The number of hydrogen-bond donors (Lipinski definition) is 1. The highest BCUT2D eigenvalue weighted by molar-refractivity contribution is 6.33. The van der Waals surface area contributed by atoms with Crippen molar-refractivity contribution in [2.75, 3.05) is 41.7 Å². The Hall–Kier alpha value is -1.94. The van der Waals surface area contributed by atoms with Gasteiger partial charge in [-0.25, -0.2) is 4.98 Å². The largest absolute Gasteiger partial charge is 0.384 e. The molecule has 104 valence electrons. The van der Waals surface area contributed by atoms with E-state index in [-0.39, 0.29) is 0 Å². The molecular formula is C15H17ClN4. The van der Waals surface area contributed by atoms with Gasteiger partial charge < -0.3 is 15.5 Å². The quantitative estimate of drug-likeness (QED) is 0.923. The summed E-state index contributed by atoms with van der Waals surface area (Å²) in [5.41, 5.74) is 6.84. The Labute approximate surface area is 123 Å². The minimum absolute atomic E-state index is 0.566. The molecule has 1 aromatic carbocycles. The smallest absolute Gasteiger partial charge is 0.131 e. The van der Waals surface area contributed by atoms with E-state index in [0.717, 1.165) is 42.7 Å². The van der Waals surface area contributed by atoms with Gasteiger partial charge in [-0.05, 0) is 24.3 Å². The Kier molecular flexibility index (Phi) is 3.65. The topological polar surface area (TPSA) is 45.4 Å². The number of nitrogens with zero attached hydrogens (tertiary/aromatic N) is 3. The second-order valence-electron chi connectivity index (χ2n) is 4.85. The lowest BCUT2D eigenvalue weighted by molar-refractivity contribution is 0.648. The van der Waals surface area contributed by atoms with Gasteiger partial charge in [-0.15, -0.1) is 0 Å². The first-order chi connectivity index (χ1) is 9.74. The molecule has 0 amide bonds. The van der Waals surface area contributed by atoms with Crippen LogP contribution in [0, 0.1) is 0 Å². The number of benzene rings is 1. The summed E-state index contributed by atoms with van der Waals surface area (Å²) < 4.78 is 0. The van der Waals surface area contributed by atoms with E-state index in [1.54, 1.807) is 0 Å². The van der Waals surface area contributed by atoms with Crippen LogP contribution in [0.2, 0.25) is 5.02 Å². The third kappa shape index (κ3) is 2.65. The highest BCUT2D eigenvalue weighted by Crippen LogP contribution is 2.26. The minimum atomic E-state index is 0.566. The first kappa shape index (κ1) is 13.1. The van der Waals surface area contributed by atoms with Crippen LogP contribution in [0.25, 0.3) is 0 Å². The monoisotopic (exact) mass is 288 g/mol. The van der Waals surface area contributed by atoms with Crippen LogP contribution in [0.5, 0.6) is 0 Å². The predicted molar refractivity (Wildman–Crippen MR) is 84.5 cm³/mol. The van der Waals surface area contributed by atoms with E-state index in [1.807, 2.05) is 36.4 Å². The number of pyridine rings is 1. The zero-order chi connectivity index (χ0) is 13.9. The zero-order valence-electron chi connectivity index (χ0n) is 11.2. The van der Waals surface area contributed by atoms with Crippen LogP contribution in [0.1, 0.15) is 0 Å². The van der Waals surface area contributed by atoms with Gasteiger partial charge in [0.2, 0.25) is 0 Å². The molecule has 2 aromatic rings. The molecule has 1 aromatic heterocycles. The number of rotatable bonds is 2. The van der Waals surface area contributed by atoms with Gasteiger partial charge >= 0.3 is 0 Å². The van der Waals surface area contributed by atoms with Crippen molar-refractivity contribution in [1.82, 2.24) is 4.98 Å². The van der Waals surface area contributed by atoms with E-state index in [2.05, 4.69) is 20.9 Å². The van der Waals surface area contributed by atoms with Crippen LogP contribution in [0.3, 0.4) is 0 Å². The molecule has 0 unspecified atom stereocenters. The maximum Gasteiger partial charge on any atom is 0.131 e. The number of halogens is 1. The van der Waals surface area contributed by atoms with Crippen molar-refractivity contribution in [3.8, 4) is 0 Å². The fourth-order valence-electron chi connectivity index (χ4n) is 2.50. The van der Waals surface area contributed by atoms with Crippen molar-refractivity contribution in [3.05, 3.63) is 47.5 Å². The molecule has 1 aliphatic rings. The Balaban J connectivity index is 1.70. The lowest BCUT2D eigenvalue weighted by atomic mass is 10.2. The molecule has 20 heavy (non-hydrogen) atoms. The summed E-state index contributed by atoms with van der Waals surface area (Å²) in [6.07, 6.45) is 0. The molecule has 0 bridgehead atoms. The second kappa shape index (κ2) is 5.59. The lowest BCUT2D eigenvalue weighted by Gasteiger charge is -2.37. The molecule has 1 fully saturated rings. The zero-order valence-corrected chi connectivity index (χ0v) is 11.9. The van der Waals surface area contributed by atoms with E-state index in [4.69, 9.17) is 17.3 Å². The third-order valence-electron chi connectivity index (χ3n) is 3.55. The van der Waals surface area contributed by atoms with Gasteiger partial charge in [-0.1, -0.05) is 29.8 Å². The Bertz CT molecular complexity index is 594. The standard InChI is InChI=1S/C15H17ClN4/c16-12-4-1-2-5-13(12)19-8-10-20(11-9-19)15-7-3-6-14(17)18-15/h1-7H,8-11H2,(H2,17,18). The van der Waals surface area contributed by atoms with Crippen molar-refractivity contribution in [2.24, 2.45) is 0 Å². The minimum Gasteiger partial charge on any atom is -0.384 e. The molecule has 0 aliphatic carbocycles. The van der Waals surface area contributed by atoms with Crippen LogP contribution in [-0.2, 0) is 0 Å². The molecule has 1 saturated heterocycles. The summed E-state index contributed by atoms with van der Waals surface area (Å²) in [7, 11) is 0. The third-order valence-corrected chi connectivity index (χ3v) is 3.87. The van der Waals surface area contributed by atoms with Gasteiger partial charge in [0.1, 0.15) is 11.6 Å². The highest BCUT2D eigenvalue weighted by Gasteiger charge is 2.19. The summed E-state index contributed by atoms with van der Waals surface area (Å²) in [5.74, 6) is 1.51. The number of hydrogen-bond acceptors (Lipinski definition) is 4. The van der Waals surface area contributed by atoms with Gasteiger partial charge in [0.25, 0.3) is 0 Å². The van der Waals surface area contributed by atoms with E-state index in [9.17, 15) is 0 Å². The van der Waals surface area contributed by atoms with Crippen molar-refractivity contribution in [2.45, 2.75) is 0 Å². The fourth-order valence-corrected chi connectivity index (χ4v) is 2.76. The van der Waals surface area contributed by atoms with Crippen LogP contribution in [-0.4, -0.2) is 31.2 Å². The van der Waals surface area contributed by atoms with Gasteiger partial charge in [-0.3, -0.25) is 0 Å².